The summed E-state index contributed by atoms with van der Waals surface area (Å²) >= 11 is 0. The van der Waals surface area contributed by atoms with E-state index < -0.39 is 0 Å². The molecule has 0 aliphatic rings. The highest BCUT2D eigenvalue weighted by atomic mass is 15.2. The summed E-state index contributed by atoms with van der Waals surface area (Å²) in [6.45, 7) is 2.68. The van der Waals surface area contributed by atoms with E-state index in [0.717, 1.165) is 16.9 Å². The van der Waals surface area contributed by atoms with Crippen molar-refractivity contribution in [2.24, 2.45) is 5.73 Å². The Hall–Kier alpha value is -2.40. The van der Waals surface area contributed by atoms with E-state index in [0.29, 0.717) is 6.54 Å². The first-order valence-corrected chi connectivity index (χ1v) is 6.62. The van der Waals surface area contributed by atoms with E-state index >= 15 is 0 Å². The molecular formula is C15H17N5. The van der Waals surface area contributed by atoms with Gasteiger partial charge in [-0.25, -0.2) is 9.50 Å². The fraction of sp³-hybridized carbons (Fsp3) is 0.200. The first-order chi connectivity index (χ1) is 9.78. The molecule has 0 aliphatic heterocycles. The number of nitrogens with zero attached hydrogens (tertiary/aromatic N) is 3. The number of nitrogens with two attached hydrogens (primary N) is 1. The van der Waals surface area contributed by atoms with Crippen LogP contribution in [0.25, 0.3) is 5.52 Å². The molecule has 20 heavy (non-hydrogen) atoms. The minimum atomic E-state index is 0.162. The van der Waals surface area contributed by atoms with Gasteiger partial charge in [0.05, 0.1) is 12.2 Å². The molecule has 0 saturated heterocycles. The Kier molecular flexibility index (Phi) is 3.35. The number of benzene rings is 1. The minimum absolute atomic E-state index is 0.162. The molecule has 0 radical (unpaired) electrons. The molecule has 1 aromatic carbocycles. The Bertz CT molecular complexity index is 702. The van der Waals surface area contributed by atoms with Crippen molar-refractivity contribution in [3.8, 4) is 0 Å². The minimum Gasteiger partial charge on any atom is -0.362 e. The Morgan fingerprint density at radius 2 is 2.00 bits per heavy atom. The smallest absolute Gasteiger partial charge is 0.152 e. The van der Waals surface area contributed by atoms with Gasteiger partial charge in [0.1, 0.15) is 5.52 Å². The second kappa shape index (κ2) is 5.30. The molecular weight excluding hydrogens is 250 g/mol. The van der Waals surface area contributed by atoms with Crippen LogP contribution in [0.5, 0.6) is 0 Å². The highest BCUT2D eigenvalue weighted by Gasteiger charge is 2.09. The van der Waals surface area contributed by atoms with Crippen molar-refractivity contribution >= 4 is 11.3 Å². The van der Waals surface area contributed by atoms with E-state index in [9.17, 15) is 0 Å². The largest absolute Gasteiger partial charge is 0.362 e. The van der Waals surface area contributed by atoms with Crippen molar-refractivity contribution in [1.82, 2.24) is 14.6 Å². The molecule has 102 valence electrons. The van der Waals surface area contributed by atoms with Gasteiger partial charge in [-0.1, -0.05) is 24.3 Å². The van der Waals surface area contributed by atoms with Crippen LogP contribution in [-0.2, 0) is 6.54 Å². The van der Waals surface area contributed by atoms with Crippen LogP contribution in [0.3, 0.4) is 0 Å². The Balaban J connectivity index is 1.84. The van der Waals surface area contributed by atoms with E-state index in [-0.39, 0.29) is 6.04 Å². The maximum absolute atomic E-state index is 5.61. The maximum Gasteiger partial charge on any atom is 0.152 e. The van der Waals surface area contributed by atoms with E-state index in [1.807, 2.05) is 12.3 Å². The maximum atomic E-state index is 5.61. The molecule has 3 N–H and O–H groups in total. The summed E-state index contributed by atoms with van der Waals surface area (Å²) < 4.78 is 1.81. The molecule has 3 aromatic rings. The van der Waals surface area contributed by atoms with Crippen molar-refractivity contribution in [2.45, 2.75) is 19.5 Å². The molecule has 0 saturated carbocycles. The fourth-order valence-corrected chi connectivity index (χ4v) is 2.20. The molecule has 2 heterocycles. The van der Waals surface area contributed by atoms with Crippen LogP contribution in [0, 0.1) is 0 Å². The quantitative estimate of drug-likeness (QED) is 0.761. The molecule has 1 atom stereocenters. The summed E-state index contributed by atoms with van der Waals surface area (Å²) in [5, 5.41) is 7.63. The van der Waals surface area contributed by atoms with Gasteiger partial charge in [-0.3, -0.25) is 0 Å². The van der Waals surface area contributed by atoms with Crippen molar-refractivity contribution in [3.63, 3.8) is 0 Å². The van der Waals surface area contributed by atoms with Gasteiger partial charge in [-0.05, 0) is 24.1 Å². The summed E-state index contributed by atoms with van der Waals surface area (Å²) in [6, 6.07) is 10.4. The summed E-state index contributed by atoms with van der Waals surface area (Å²) in [5.74, 6) is 0.834. The van der Waals surface area contributed by atoms with E-state index in [2.05, 4.69) is 46.6 Å². The number of aromatic nitrogens is 3. The van der Waals surface area contributed by atoms with Crippen molar-refractivity contribution in [3.05, 3.63) is 60.0 Å². The highest BCUT2D eigenvalue weighted by Crippen LogP contribution is 2.21. The SMILES string of the molecule is CC(Nc1nccn2nccc12)c1ccc(CN)cc1. The summed E-state index contributed by atoms with van der Waals surface area (Å²) in [6.07, 6.45) is 5.34. The lowest BCUT2D eigenvalue weighted by atomic mass is 10.1. The zero-order valence-corrected chi connectivity index (χ0v) is 11.3. The molecule has 5 nitrogen and oxygen atoms in total. The van der Waals surface area contributed by atoms with Gasteiger partial charge in [0.25, 0.3) is 0 Å². The first-order valence-electron chi connectivity index (χ1n) is 6.62. The molecule has 3 rings (SSSR count). The van der Waals surface area contributed by atoms with Gasteiger partial charge in [0.15, 0.2) is 5.82 Å². The number of hydrogen-bond donors (Lipinski definition) is 2. The summed E-state index contributed by atoms with van der Waals surface area (Å²) in [4.78, 5) is 4.39. The molecule has 0 spiro atoms. The van der Waals surface area contributed by atoms with Crippen LogP contribution in [0.1, 0.15) is 24.1 Å². The van der Waals surface area contributed by atoms with Gasteiger partial charge in [-0.2, -0.15) is 5.10 Å². The molecule has 1 unspecified atom stereocenters. The van der Waals surface area contributed by atoms with Gasteiger partial charge in [0.2, 0.25) is 0 Å². The third-order valence-corrected chi connectivity index (χ3v) is 3.39. The molecule has 0 fully saturated rings. The van der Waals surface area contributed by atoms with Gasteiger partial charge in [-0.15, -0.1) is 0 Å². The average Bonchev–Trinajstić information content (AvgIpc) is 2.97. The Morgan fingerprint density at radius 3 is 2.75 bits per heavy atom. The zero-order valence-electron chi connectivity index (χ0n) is 11.3. The van der Waals surface area contributed by atoms with Crippen LogP contribution in [0.15, 0.2) is 48.9 Å². The highest BCUT2D eigenvalue weighted by molar-refractivity contribution is 5.67. The van der Waals surface area contributed by atoms with E-state index in [4.69, 9.17) is 5.73 Å². The third-order valence-electron chi connectivity index (χ3n) is 3.39. The zero-order chi connectivity index (χ0) is 13.9. The van der Waals surface area contributed by atoms with E-state index in [1.165, 1.54) is 5.56 Å². The lowest BCUT2D eigenvalue weighted by molar-refractivity contribution is 0.865. The van der Waals surface area contributed by atoms with E-state index in [1.54, 1.807) is 16.9 Å². The second-order valence-electron chi connectivity index (χ2n) is 4.75. The van der Waals surface area contributed by atoms with Crippen molar-refractivity contribution < 1.29 is 0 Å². The van der Waals surface area contributed by atoms with Crippen LogP contribution in [0.4, 0.5) is 5.82 Å². The average molecular weight is 267 g/mol. The molecule has 0 aliphatic carbocycles. The Morgan fingerprint density at radius 1 is 1.20 bits per heavy atom. The third kappa shape index (κ3) is 2.35. The molecule has 0 amide bonds. The van der Waals surface area contributed by atoms with Crippen LogP contribution in [0.2, 0.25) is 0 Å². The number of rotatable bonds is 4. The standard InChI is InChI=1S/C15H17N5/c1-11(13-4-2-12(10-16)3-5-13)19-15-14-6-7-18-20(14)9-8-17-15/h2-9,11H,10,16H2,1H3,(H,17,19). The van der Waals surface area contributed by atoms with Gasteiger partial charge in [0, 0.05) is 18.9 Å². The number of nitrogens with one attached hydrogen (secondary N) is 1. The van der Waals surface area contributed by atoms with Crippen LogP contribution >= 0.6 is 0 Å². The molecule has 5 heteroatoms. The van der Waals surface area contributed by atoms with Gasteiger partial charge < -0.3 is 11.1 Å². The van der Waals surface area contributed by atoms with Gasteiger partial charge >= 0.3 is 0 Å². The number of anilines is 1. The second-order valence-corrected chi connectivity index (χ2v) is 4.75. The van der Waals surface area contributed by atoms with Crippen LogP contribution in [-0.4, -0.2) is 14.6 Å². The predicted molar refractivity (Wildman–Crippen MR) is 79.4 cm³/mol. The monoisotopic (exact) mass is 267 g/mol. The lowest BCUT2D eigenvalue weighted by Crippen LogP contribution is -2.09. The van der Waals surface area contributed by atoms with Crippen molar-refractivity contribution in [1.29, 1.82) is 0 Å². The number of fused-ring (bicyclic) bond motifs is 1. The van der Waals surface area contributed by atoms with Crippen molar-refractivity contribution in [2.75, 3.05) is 5.32 Å². The Labute approximate surface area is 117 Å². The number of hydrogen-bond acceptors (Lipinski definition) is 4. The normalized spacial score (nSPS) is 12.5. The first kappa shape index (κ1) is 12.6. The molecule has 2 aromatic heterocycles. The molecule has 0 bridgehead atoms. The van der Waals surface area contributed by atoms with Crippen LogP contribution < -0.4 is 11.1 Å². The summed E-state index contributed by atoms with van der Waals surface area (Å²) in [5.41, 5.74) is 8.92. The topological polar surface area (TPSA) is 68.2 Å². The summed E-state index contributed by atoms with van der Waals surface area (Å²) in [7, 11) is 0. The lowest BCUT2D eigenvalue weighted by Gasteiger charge is -2.16. The predicted octanol–water partition coefficient (Wildman–Crippen LogP) is 2.36. The fourth-order valence-electron chi connectivity index (χ4n) is 2.20.